The van der Waals surface area contributed by atoms with Crippen molar-refractivity contribution in [3.63, 3.8) is 0 Å². The minimum atomic E-state index is 0.444. The number of aromatic nitrogens is 1. The lowest BCUT2D eigenvalue weighted by atomic mass is 9.97. The summed E-state index contributed by atoms with van der Waals surface area (Å²) >= 11 is 0. The lowest BCUT2D eigenvalue weighted by molar-refractivity contribution is 0.413. The summed E-state index contributed by atoms with van der Waals surface area (Å²) in [6.45, 7) is 0. The summed E-state index contributed by atoms with van der Waals surface area (Å²) in [4.78, 5) is 0. The Hall–Kier alpha value is -0.990. The molecule has 0 aliphatic heterocycles. The molecule has 1 aromatic rings. The quantitative estimate of drug-likeness (QED) is 0.676. The lowest BCUT2D eigenvalue weighted by Crippen LogP contribution is -1.96. The molecule has 1 saturated carbocycles. The minimum absolute atomic E-state index is 0.444. The molecule has 0 spiro atoms. The van der Waals surface area contributed by atoms with E-state index in [9.17, 15) is 0 Å². The van der Waals surface area contributed by atoms with Gasteiger partial charge in [0, 0.05) is 12.0 Å². The maximum Gasteiger partial charge on any atom is 0.222 e. The summed E-state index contributed by atoms with van der Waals surface area (Å²) in [6, 6.07) is 1.87. The van der Waals surface area contributed by atoms with Crippen molar-refractivity contribution < 1.29 is 4.52 Å². The van der Waals surface area contributed by atoms with Gasteiger partial charge in [-0.25, -0.2) is 0 Å². The highest BCUT2D eigenvalue weighted by molar-refractivity contribution is 5.26. The number of rotatable bonds is 1. The number of nitrogen functional groups attached to an aromatic ring is 1. The number of anilines is 1. The minimum Gasteiger partial charge on any atom is -0.368 e. The summed E-state index contributed by atoms with van der Waals surface area (Å²) in [5.74, 6) is 1.03. The molecule has 0 atom stereocenters. The van der Waals surface area contributed by atoms with Gasteiger partial charge in [0.15, 0.2) is 0 Å². The summed E-state index contributed by atoms with van der Waals surface area (Å²) in [5.41, 5.74) is 6.55. The molecule has 72 valence electrons. The number of hydrogen-bond donors (Lipinski definition) is 1. The van der Waals surface area contributed by atoms with Crippen LogP contribution in [-0.4, -0.2) is 5.16 Å². The molecule has 2 rings (SSSR count). The molecule has 0 unspecified atom stereocenters. The average Bonchev–Trinajstić information content (AvgIpc) is 2.43. The Morgan fingerprint density at radius 3 is 2.46 bits per heavy atom. The van der Waals surface area contributed by atoms with Crippen LogP contribution in [0.15, 0.2) is 10.6 Å². The van der Waals surface area contributed by atoms with E-state index in [1.807, 2.05) is 6.07 Å². The van der Waals surface area contributed by atoms with E-state index < -0.39 is 0 Å². The molecular formula is C10H16N2O. The van der Waals surface area contributed by atoms with Gasteiger partial charge in [0.1, 0.15) is 0 Å². The van der Waals surface area contributed by atoms with Crippen molar-refractivity contribution in [2.75, 3.05) is 5.73 Å². The molecule has 1 aliphatic rings. The zero-order valence-corrected chi connectivity index (χ0v) is 7.83. The van der Waals surface area contributed by atoms with E-state index in [4.69, 9.17) is 10.3 Å². The fourth-order valence-corrected chi connectivity index (χ4v) is 2.07. The van der Waals surface area contributed by atoms with Crippen molar-refractivity contribution in [3.05, 3.63) is 11.8 Å². The largest absolute Gasteiger partial charge is 0.368 e. The summed E-state index contributed by atoms with van der Waals surface area (Å²) in [6.07, 6.45) is 7.85. The van der Waals surface area contributed by atoms with Crippen LogP contribution in [0.3, 0.4) is 0 Å². The van der Waals surface area contributed by atoms with Crippen LogP contribution in [0.25, 0.3) is 0 Å². The Balaban J connectivity index is 2.06. The normalized spacial score (nSPS) is 20.0. The van der Waals surface area contributed by atoms with Crippen LogP contribution in [0.1, 0.15) is 50.1 Å². The second-order valence-electron chi connectivity index (χ2n) is 3.84. The molecule has 1 aliphatic carbocycles. The molecule has 0 bridgehead atoms. The smallest absolute Gasteiger partial charge is 0.222 e. The Labute approximate surface area is 78.3 Å². The predicted octanol–water partition coefficient (Wildman–Crippen LogP) is 2.69. The van der Waals surface area contributed by atoms with Crippen molar-refractivity contribution in [2.45, 2.75) is 44.4 Å². The highest BCUT2D eigenvalue weighted by atomic mass is 16.5. The molecule has 2 N–H and O–H groups in total. The maximum atomic E-state index is 5.50. The Morgan fingerprint density at radius 2 is 1.92 bits per heavy atom. The first kappa shape index (κ1) is 8.60. The molecule has 0 aromatic carbocycles. The lowest BCUT2D eigenvalue weighted by Gasteiger charge is -2.08. The molecular weight excluding hydrogens is 164 g/mol. The fourth-order valence-electron chi connectivity index (χ4n) is 2.07. The zero-order valence-electron chi connectivity index (χ0n) is 7.83. The third-order valence-electron chi connectivity index (χ3n) is 2.82. The fraction of sp³-hybridized carbons (Fsp3) is 0.700. The first-order chi connectivity index (χ1) is 6.36. The van der Waals surface area contributed by atoms with Gasteiger partial charge in [-0.15, -0.1) is 0 Å². The van der Waals surface area contributed by atoms with Crippen LogP contribution in [0, 0.1) is 0 Å². The van der Waals surface area contributed by atoms with Crippen LogP contribution in [0.5, 0.6) is 0 Å². The zero-order chi connectivity index (χ0) is 9.10. The standard InChI is InChI=1S/C10H16N2O/c11-10-7-9(12-13-10)8-5-3-1-2-4-6-8/h7-8H,1-6,11H2. The topological polar surface area (TPSA) is 52.0 Å². The van der Waals surface area contributed by atoms with Crippen LogP contribution < -0.4 is 5.73 Å². The van der Waals surface area contributed by atoms with E-state index in [1.54, 1.807) is 0 Å². The second kappa shape index (κ2) is 3.81. The van der Waals surface area contributed by atoms with Gasteiger partial charge in [-0.2, -0.15) is 0 Å². The van der Waals surface area contributed by atoms with Gasteiger partial charge in [0.2, 0.25) is 5.88 Å². The Kier molecular flexibility index (Phi) is 2.52. The van der Waals surface area contributed by atoms with Gasteiger partial charge in [0.05, 0.1) is 5.69 Å². The summed E-state index contributed by atoms with van der Waals surface area (Å²) in [5, 5.41) is 3.98. The van der Waals surface area contributed by atoms with Crippen LogP contribution in [0.4, 0.5) is 5.88 Å². The van der Waals surface area contributed by atoms with E-state index >= 15 is 0 Å². The molecule has 13 heavy (non-hydrogen) atoms. The third kappa shape index (κ3) is 2.02. The SMILES string of the molecule is Nc1cc(C2CCCCCC2)no1. The predicted molar refractivity (Wildman–Crippen MR) is 51.4 cm³/mol. The van der Waals surface area contributed by atoms with E-state index in [2.05, 4.69) is 5.16 Å². The van der Waals surface area contributed by atoms with Crippen molar-refractivity contribution in [2.24, 2.45) is 0 Å². The van der Waals surface area contributed by atoms with Gasteiger partial charge in [-0.05, 0) is 12.8 Å². The van der Waals surface area contributed by atoms with Crippen LogP contribution in [0.2, 0.25) is 0 Å². The van der Waals surface area contributed by atoms with Crippen molar-refractivity contribution >= 4 is 5.88 Å². The highest BCUT2D eigenvalue weighted by Crippen LogP contribution is 2.31. The first-order valence-corrected chi connectivity index (χ1v) is 5.08. The number of nitrogens with zero attached hydrogens (tertiary/aromatic N) is 1. The number of hydrogen-bond acceptors (Lipinski definition) is 3. The van der Waals surface area contributed by atoms with E-state index in [0.717, 1.165) is 5.69 Å². The molecule has 0 saturated heterocycles. The summed E-state index contributed by atoms with van der Waals surface area (Å²) < 4.78 is 4.89. The van der Waals surface area contributed by atoms with Gasteiger partial charge in [0.25, 0.3) is 0 Å². The summed E-state index contributed by atoms with van der Waals surface area (Å²) in [7, 11) is 0. The molecule has 3 heteroatoms. The van der Waals surface area contributed by atoms with Gasteiger partial charge in [-0.3, -0.25) is 0 Å². The molecule has 1 heterocycles. The molecule has 0 amide bonds. The van der Waals surface area contributed by atoms with Gasteiger partial charge in [-0.1, -0.05) is 30.8 Å². The maximum absolute atomic E-state index is 5.50. The highest BCUT2D eigenvalue weighted by Gasteiger charge is 2.17. The van der Waals surface area contributed by atoms with Crippen molar-refractivity contribution in [1.29, 1.82) is 0 Å². The molecule has 1 fully saturated rings. The van der Waals surface area contributed by atoms with Gasteiger partial charge < -0.3 is 10.3 Å². The monoisotopic (exact) mass is 180 g/mol. The average molecular weight is 180 g/mol. The van der Waals surface area contributed by atoms with Gasteiger partial charge >= 0.3 is 0 Å². The number of nitrogens with two attached hydrogens (primary N) is 1. The molecule has 3 nitrogen and oxygen atoms in total. The first-order valence-electron chi connectivity index (χ1n) is 5.08. The van der Waals surface area contributed by atoms with E-state index in [-0.39, 0.29) is 0 Å². The molecule has 0 radical (unpaired) electrons. The van der Waals surface area contributed by atoms with Crippen LogP contribution in [-0.2, 0) is 0 Å². The third-order valence-corrected chi connectivity index (χ3v) is 2.82. The second-order valence-corrected chi connectivity index (χ2v) is 3.84. The Morgan fingerprint density at radius 1 is 1.23 bits per heavy atom. The Bertz CT molecular complexity index is 262. The van der Waals surface area contributed by atoms with E-state index in [0.29, 0.717) is 11.8 Å². The van der Waals surface area contributed by atoms with E-state index in [1.165, 1.54) is 38.5 Å². The molecule has 1 aromatic heterocycles. The van der Waals surface area contributed by atoms with Crippen molar-refractivity contribution in [3.8, 4) is 0 Å². The van der Waals surface area contributed by atoms with Crippen molar-refractivity contribution in [1.82, 2.24) is 5.16 Å². The van der Waals surface area contributed by atoms with Crippen LogP contribution >= 0.6 is 0 Å².